The van der Waals surface area contributed by atoms with Gasteiger partial charge in [-0.15, -0.1) is 0 Å². The number of nitrogens with zero attached hydrogens (tertiary/aromatic N) is 1. The predicted molar refractivity (Wildman–Crippen MR) is 70.4 cm³/mol. The lowest BCUT2D eigenvalue weighted by Gasteiger charge is -2.03. The fourth-order valence-corrected chi connectivity index (χ4v) is 1.71. The number of rotatable bonds is 4. The van der Waals surface area contributed by atoms with Gasteiger partial charge in [-0.2, -0.15) is 5.26 Å². The number of furan rings is 1. The SMILES string of the molecule is CCc1ccc(C(=O)NCc2cccc(C#N)c2)o1. The van der Waals surface area contributed by atoms with Gasteiger partial charge >= 0.3 is 0 Å². The van der Waals surface area contributed by atoms with Gasteiger partial charge < -0.3 is 9.73 Å². The molecule has 0 atom stereocenters. The fourth-order valence-electron chi connectivity index (χ4n) is 1.71. The molecule has 0 spiro atoms. The van der Waals surface area contributed by atoms with Crippen molar-refractivity contribution >= 4 is 5.91 Å². The smallest absolute Gasteiger partial charge is 0.287 e. The zero-order chi connectivity index (χ0) is 13.7. The molecule has 2 rings (SSSR count). The van der Waals surface area contributed by atoms with Crippen LogP contribution in [0, 0.1) is 11.3 Å². The van der Waals surface area contributed by atoms with Crippen molar-refractivity contribution in [1.82, 2.24) is 5.32 Å². The van der Waals surface area contributed by atoms with Gasteiger partial charge in [-0.3, -0.25) is 4.79 Å². The molecule has 1 amide bonds. The summed E-state index contributed by atoms with van der Waals surface area (Å²) in [4.78, 5) is 11.8. The molecule has 0 saturated heterocycles. The minimum Gasteiger partial charge on any atom is -0.456 e. The van der Waals surface area contributed by atoms with Crippen LogP contribution in [0.3, 0.4) is 0 Å². The Morgan fingerprint density at radius 1 is 1.37 bits per heavy atom. The van der Waals surface area contributed by atoms with E-state index >= 15 is 0 Å². The number of benzene rings is 1. The molecule has 0 aliphatic heterocycles. The van der Waals surface area contributed by atoms with Gasteiger partial charge in [-0.05, 0) is 29.8 Å². The molecule has 0 radical (unpaired) electrons. The van der Waals surface area contributed by atoms with Gasteiger partial charge in [0.1, 0.15) is 5.76 Å². The number of nitrogens with one attached hydrogen (secondary N) is 1. The first-order valence-electron chi connectivity index (χ1n) is 6.09. The lowest BCUT2D eigenvalue weighted by atomic mass is 10.1. The van der Waals surface area contributed by atoms with Gasteiger partial charge in [0.2, 0.25) is 0 Å². The topological polar surface area (TPSA) is 66.0 Å². The minimum absolute atomic E-state index is 0.248. The van der Waals surface area contributed by atoms with Crippen LogP contribution in [0.25, 0.3) is 0 Å². The van der Waals surface area contributed by atoms with E-state index < -0.39 is 0 Å². The molecule has 1 heterocycles. The largest absolute Gasteiger partial charge is 0.456 e. The standard InChI is InChI=1S/C15H14N2O2/c1-2-13-6-7-14(19-13)15(18)17-10-12-5-3-4-11(8-12)9-16/h3-8H,2,10H2,1H3,(H,17,18). The first-order chi connectivity index (χ1) is 9.22. The highest BCUT2D eigenvalue weighted by Gasteiger charge is 2.10. The van der Waals surface area contributed by atoms with E-state index in [0.29, 0.717) is 17.9 Å². The number of nitriles is 1. The molecule has 4 heteroatoms. The molecule has 1 aromatic carbocycles. The van der Waals surface area contributed by atoms with E-state index in [1.54, 1.807) is 30.3 Å². The molecular formula is C15H14N2O2. The van der Waals surface area contributed by atoms with Gasteiger partial charge in [0.15, 0.2) is 5.76 Å². The summed E-state index contributed by atoms with van der Waals surface area (Å²) in [6, 6.07) is 12.7. The molecular weight excluding hydrogens is 240 g/mol. The Balaban J connectivity index is 1.98. The number of carbonyl (C=O) groups is 1. The molecule has 96 valence electrons. The normalized spacial score (nSPS) is 9.89. The van der Waals surface area contributed by atoms with Crippen molar-refractivity contribution in [2.45, 2.75) is 19.9 Å². The summed E-state index contributed by atoms with van der Waals surface area (Å²) >= 11 is 0. The van der Waals surface area contributed by atoms with Crippen LogP contribution >= 0.6 is 0 Å². The van der Waals surface area contributed by atoms with E-state index in [-0.39, 0.29) is 5.91 Å². The maximum absolute atomic E-state index is 11.8. The molecule has 2 aromatic rings. The van der Waals surface area contributed by atoms with Crippen molar-refractivity contribution in [3.63, 3.8) is 0 Å². The molecule has 0 unspecified atom stereocenters. The molecule has 0 bridgehead atoms. The van der Waals surface area contributed by atoms with Crippen LogP contribution in [0.2, 0.25) is 0 Å². The molecule has 1 aromatic heterocycles. The maximum atomic E-state index is 11.8. The van der Waals surface area contributed by atoms with Gasteiger partial charge in [0, 0.05) is 13.0 Å². The Kier molecular flexibility index (Phi) is 3.99. The van der Waals surface area contributed by atoms with Crippen LogP contribution in [0.5, 0.6) is 0 Å². The summed E-state index contributed by atoms with van der Waals surface area (Å²) in [5.41, 5.74) is 1.47. The van der Waals surface area contributed by atoms with E-state index in [1.165, 1.54) is 0 Å². The molecule has 0 aliphatic carbocycles. The van der Waals surface area contributed by atoms with Crippen LogP contribution in [-0.4, -0.2) is 5.91 Å². The Morgan fingerprint density at radius 3 is 2.89 bits per heavy atom. The highest BCUT2D eigenvalue weighted by atomic mass is 16.3. The van der Waals surface area contributed by atoms with Crippen molar-refractivity contribution in [2.75, 3.05) is 0 Å². The molecule has 4 nitrogen and oxygen atoms in total. The monoisotopic (exact) mass is 254 g/mol. The first kappa shape index (κ1) is 12.9. The number of hydrogen-bond acceptors (Lipinski definition) is 3. The summed E-state index contributed by atoms with van der Waals surface area (Å²) in [5.74, 6) is 0.854. The van der Waals surface area contributed by atoms with E-state index in [2.05, 4.69) is 11.4 Å². The second-order valence-electron chi connectivity index (χ2n) is 4.11. The molecule has 0 aliphatic rings. The zero-order valence-electron chi connectivity index (χ0n) is 10.6. The Morgan fingerprint density at radius 2 is 2.21 bits per heavy atom. The summed E-state index contributed by atoms with van der Waals surface area (Å²) in [6.07, 6.45) is 0.761. The van der Waals surface area contributed by atoms with Gasteiger partial charge in [0.05, 0.1) is 11.6 Å². The van der Waals surface area contributed by atoms with E-state index in [1.807, 2.05) is 13.0 Å². The third kappa shape index (κ3) is 3.23. The van der Waals surface area contributed by atoms with Crippen LogP contribution in [-0.2, 0) is 13.0 Å². The second-order valence-corrected chi connectivity index (χ2v) is 4.11. The first-order valence-corrected chi connectivity index (χ1v) is 6.09. The van der Waals surface area contributed by atoms with Crippen LogP contribution < -0.4 is 5.32 Å². The number of amides is 1. The van der Waals surface area contributed by atoms with Crippen LogP contribution in [0.15, 0.2) is 40.8 Å². The maximum Gasteiger partial charge on any atom is 0.287 e. The summed E-state index contributed by atoms with van der Waals surface area (Å²) < 4.78 is 5.36. The van der Waals surface area contributed by atoms with E-state index in [4.69, 9.17) is 9.68 Å². The van der Waals surface area contributed by atoms with Crippen molar-refractivity contribution in [2.24, 2.45) is 0 Å². The van der Waals surface area contributed by atoms with Gasteiger partial charge in [-0.1, -0.05) is 19.1 Å². The predicted octanol–water partition coefficient (Wildman–Crippen LogP) is 2.64. The van der Waals surface area contributed by atoms with Crippen molar-refractivity contribution in [3.8, 4) is 6.07 Å². The Labute approximate surface area is 111 Å². The van der Waals surface area contributed by atoms with E-state index in [9.17, 15) is 4.79 Å². The Hall–Kier alpha value is -2.54. The van der Waals surface area contributed by atoms with Gasteiger partial charge in [0.25, 0.3) is 5.91 Å². The average Bonchev–Trinajstić information content (AvgIpc) is 2.94. The zero-order valence-corrected chi connectivity index (χ0v) is 10.6. The third-order valence-corrected chi connectivity index (χ3v) is 2.74. The van der Waals surface area contributed by atoms with Crippen LogP contribution in [0.1, 0.15) is 34.4 Å². The quantitative estimate of drug-likeness (QED) is 0.912. The van der Waals surface area contributed by atoms with Crippen LogP contribution in [0.4, 0.5) is 0 Å². The minimum atomic E-state index is -0.248. The lowest BCUT2D eigenvalue weighted by Crippen LogP contribution is -2.22. The summed E-state index contributed by atoms with van der Waals surface area (Å²) in [7, 11) is 0. The van der Waals surface area contributed by atoms with Crippen molar-refractivity contribution in [1.29, 1.82) is 5.26 Å². The van der Waals surface area contributed by atoms with Gasteiger partial charge in [-0.25, -0.2) is 0 Å². The average molecular weight is 254 g/mol. The number of aryl methyl sites for hydroxylation is 1. The highest BCUT2D eigenvalue weighted by Crippen LogP contribution is 2.09. The molecule has 19 heavy (non-hydrogen) atoms. The summed E-state index contributed by atoms with van der Waals surface area (Å²) in [5, 5.41) is 11.6. The van der Waals surface area contributed by atoms with Crippen molar-refractivity contribution in [3.05, 3.63) is 59.0 Å². The fraction of sp³-hybridized carbons (Fsp3) is 0.200. The molecule has 1 N–H and O–H groups in total. The Bertz CT molecular complexity index is 623. The van der Waals surface area contributed by atoms with E-state index in [0.717, 1.165) is 17.7 Å². The highest BCUT2D eigenvalue weighted by molar-refractivity contribution is 5.91. The lowest BCUT2D eigenvalue weighted by molar-refractivity contribution is 0.0921. The number of hydrogen-bond donors (Lipinski definition) is 1. The number of carbonyl (C=O) groups excluding carboxylic acids is 1. The molecule has 0 saturated carbocycles. The second kappa shape index (κ2) is 5.87. The summed E-state index contributed by atoms with van der Waals surface area (Å²) in [6.45, 7) is 2.34. The third-order valence-electron chi connectivity index (χ3n) is 2.74. The molecule has 0 fully saturated rings. The van der Waals surface area contributed by atoms with Crippen molar-refractivity contribution < 1.29 is 9.21 Å².